The summed E-state index contributed by atoms with van der Waals surface area (Å²) in [5.41, 5.74) is 9.37. The molecule has 0 aliphatic rings. The van der Waals surface area contributed by atoms with Crippen molar-refractivity contribution < 1.29 is 0 Å². The summed E-state index contributed by atoms with van der Waals surface area (Å²) >= 11 is 0. The maximum Gasteiger partial charge on any atom is 0.222 e. The molecule has 0 spiro atoms. The Hall–Kier alpha value is -2.50. The van der Waals surface area contributed by atoms with Gasteiger partial charge >= 0.3 is 0 Å². The Kier molecular flexibility index (Phi) is 2.83. The van der Waals surface area contributed by atoms with E-state index in [1.165, 1.54) is 5.56 Å². The number of pyridine rings is 1. The van der Waals surface area contributed by atoms with Gasteiger partial charge in [0.15, 0.2) is 5.65 Å². The molecule has 0 bridgehead atoms. The Morgan fingerprint density at radius 3 is 2.84 bits per heavy atom. The molecule has 0 fully saturated rings. The molecule has 0 atom stereocenters. The van der Waals surface area contributed by atoms with E-state index in [1.807, 2.05) is 12.3 Å². The average molecular weight is 254 g/mol. The smallest absolute Gasteiger partial charge is 0.222 e. The summed E-state index contributed by atoms with van der Waals surface area (Å²) in [6.07, 6.45) is 5.21. The van der Waals surface area contributed by atoms with Gasteiger partial charge < -0.3 is 5.73 Å². The number of H-pyrrole nitrogens is 1. The third kappa shape index (κ3) is 2.24. The van der Waals surface area contributed by atoms with Crippen LogP contribution in [0.25, 0.3) is 11.0 Å². The Bertz CT molecular complexity index is 701. The molecule has 0 radical (unpaired) electrons. The number of aromatic amines is 1. The van der Waals surface area contributed by atoms with E-state index in [2.05, 4.69) is 38.1 Å². The first-order valence-electron chi connectivity index (χ1n) is 6.15. The van der Waals surface area contributed by atoms with E-state index in [0.717, 1.165) is 23.2 Å². The zero-order valence-corrected chi connectivity index (χ0v) is 10.6. The number of nitrogen functional groups attached to an aromatic ring is 1. The van der Waals surface area contributed by atoms with Crippen LogP contribution in [0.4, 0.5) is 5.95 Å². The molecule has 0 saturated heterocycles. The first kappa shape index (κ1) is 11.6. The molecule has 0 aliphatic carbocycles. The summed E-state index contributed by atoms with van der Waals surface area (Å²) in [6, 6.07) is 4.10. The highest BCUT2D eigenvalue weighted by Gasteiger charge is 2.09. The van der Waals surface area contributed by atoms with Gasteiger partial charge in [0.1, 0.15) is 0 Å². The highest BCUT2D eigenvalue weighted by molar-refractivity contribution is 5.77. The van der Waals surface area contributed by atoms with Crippen molar-refractivity contribution in [3.8, 4) is 0 Å². The quantitative estimate of drug-likeness (QED) is 0.738. The fourth-order valence-corrected chi connectivity index (χ4v) is 1.99. The van der Waals surface area contributed by atoms with E-state index in [-0.39, 0.29) is 5.95 Å². The number of nitrogens with zero attached hydrogens (tertiary/aromatic N) is 4. The molecule has 0 aliphatic heterocycles. The molecule has 19 heavy (non-hydrogen) atoms. The second-order valence-corrected chi connectivity index (χ2v) is 4.35. The summed E-state index contributed by atoms with van der Waals surface area (Å²) in [6.45, 7) is 2.11. The van der Waals surface area contributed by atoms with Crippen LogP contribution in [0.2, 0.25) is 0 Å². The van der Waals surface area contributed by atoms with Crippen LogP contribution in [0.15, 0.2) is 24.5 Å². The SMILES string of the molecule is CCc1ccc(Cc2nc(N)nc3[nH]ncc23)nc1. The normalized spacial score (nSPS) is 11.0. The first-order chi connectivity index (χ1) is 9.26. The van der Waals surface area contributed by atoms with E-state index in [1.54, 1.807) is 6.20 Å². The molecule has 6 nitrogen and oxygen atoms in total. The lowest BCUT2D eigenvalue weighted by atomic mass is 10.1. The topological polar surface area (TPSA) is 93.4 Å². The average Bonchev–Trinajstić information content (AvgIpc) is 2.88. The van der Waals surface area contributed by atoms with Crippen LogP contribution < -0.4 is 5.73 Å². The van der Waals surface area contributed by atoms with Gasteiger partial charge in [0.2, 0.25) is 5.95 Å². The molecule has 3 aromatic heterocycles. The second-order valence-electron chi connectivity index (χ2n) is 4.35. The number of fused-ring (bicyclic) bond motifs is 1. The largest absolute Gasteiger partial charge is 0.368 e. The predicted molar refractivity (Wildman–Crippen MR) is 72.5 cm³/mol. The van der Waals surface area contributed by atoms with Gasteiger partial charge in [0, 0.05) is 18.3 Å². The van der Waals surface area contributed by atoms with Crippen LogP contribution in [0.5, 0.6) is 0 Å². The number of aromatic nitrogens is 5. The number of nitrogens with two attached hydrogens (primary N) is 1. The van der Waals surface area contributed by atoms with Gasteiger partial charge in [-0.05, 0) is 18.1 Å². The Morgan fingerprint density at radius 2 is 2.11 bits per heavy atom. The molecule has 0 aromatic carbocycles. The van der Waals surface area contributed by atoms with Gasteiger partial charge in [0.05, 0.1) is 17.3 Å². The Morgan fingerprint density at radius 1 is 1.21 bits per heavy atom. The number of rotatable bonds is 3. The van der Waals surface area contributed by atoms with E-state index < -0.39 is 0 Å². The fourth-order valence-electron chi connectivity index (χ4n) is 1.99. The molecule has 0 unspecified atom stereocenters. The van der Waals surface area contributed by atoms with Crippen LogP contribution in [-0.2, 0) is 12.8 Å². The minimum atomic E-state index is 0.247. The second kappa shape index (κ2) is 4.64. The lowest BCUT2D eigenvalue weighted by molar-refractivity contribution is 0.995. The number of anilines is 1. The first-order valence-corrected chi connectivity index (χ1v) is 6.15. The van der Waals surface area contributed by atoms with Gasteiger partial charge in [-0.1, -0.05) is 13.0 Å². The fraction of sp³-hybridized carbons (Fsp3) is 0.231. The van der Waals surface area contributed by atoms with E-state index in [0.29, 0.717) is 12.1 Å². The van der Waals surface area contributed by atoms with Gasteiger partial charge in [-0.25, -0.2) is 4.98 Å². The summed E-state index contributed by atoms with van der Waals surface area (Å²) in [7, 11) is 0. The van der Waals surface area contributed by atoms with Gasteiger partial charge in [-0.3, -0.25) is 10.1 Å². The molecular weight excluding hydrogens is 240 g/mol. The van der Waals surface area contributed by atoms with Crippen molar-refractivity contribution >= 4 is 17.0 Å². The summed E-state index contributed by atoms with van der Waals surface area (Å²) in [4.78, 5) is 12.8. The third-order valence-electron chi connectivity index (χ3n) is 3.05. The van der Waals surface area contributed by atoms with E-state index >= 15 is 0 Å². The summed E-state index contributed by atoms with van der Waals surface area (Å²) < 4.78 is 0. The Labute approximate surface area is 110 Å². The molecule has 6 heteroatoms. The third-order valence-corrected chi connectivity index (χ3v) is 3.05. The van der Waals surface area contributed by atoms with Gasteiger partial charge in [-0.15, -0.1) is 0 Å². The van der Waals surface area contributed by atoms with Crippen LogP contribution in [0.3, 0.4) is 0 Å². The minimum Gasteiger partial charge on any atom is -0.368 e. The minimum absolute atomic E-state index is 0.247. The highest BCUT2D eigenvalue weighted by atomic mass is 15.2. The zero-order valence-electron chi connectivity index (χ0n) is 10.6. The maximum absolute atomic E-state index is 5.69. The number of aryl methyl sites for hydroxylation is 1. The lowest BCUT2D eigenvalue weighted by Gasteiger charge is -2.04. The van der Waals surface area contributed by atoms with Crippen LogP contribution >= 0.6 is 0 Å². The predicted octanol–water partition coefficient (Wildman–Crippen LogP) is 1.48. The van der Waals surface area contributed by atoms with Gasteiger partial charge in [-0.2, -0.15) is 10.1 Å². The molecule has 0 amide bonds. The number of nitrogens with one attached hydrogen (secondary N) is 1. The van der Waals surface area contributed by atoms with Crippen molar-refractivity contribution in [1.29, 1.82) is 0 Å². The van der Waals surface area contributed by atoms with Crippen LogP contribution in [0.1, 0.15) is 23.9 Å². The Balaban J connectivity index is 1.97. The molecule has 3 heterocycles. The summed E-state index contributed by atoms with van der Waals surface area (Å²) in [5.74, 6) is 0.247. The highest BCUT2D eigenvalue weighted by Crippen LogP contribution is 2.17. The van der Waals surface area contributed by atoms with Gasteiger partial charge in [0.25, 0.3) is 0 Å². The van der Waals surface area contributed by atoms with Crippen molar-refractivity contribution in [2.45, 2.75) is 19.8 Å². The van der Waals surface area contributed by atoms with E-state index in [9.17, 15) is 0 Å². The maximum atomic E-state index is 5.69. The van der Waals surface area contributed by atoms with Crippen molar-refractivity contribution in [3.05, 3.63) is 41.5 Å². The zero-order chi connectivity index (χ0) is 13.2. The molecule has 3 N–H and O–H groups in total. The van der Waals surface area contributed by atoms with Crippen molar-refractivity contribution in [2.75, 3.05) is 5.73 Å². The van der Waals surface area contributed by atoms with Crippen LogP contribution in [0, 0.1) is 0 Å². The number of hydrogen-bond acceptors (Lipinski definition) is 5. The molecule has 0 saturated carbocycles. The molecule has 96 valence electrons. The van der Waals surface area contributed by atoms with Crippen LogP contribution in [-0.4, -0.2) is 25.1 Å². The standard InChI is InChI=1S/C13H14N6/c1-2-8-3-4-9(15-6-8)5-11-10-7-16-19-12(10)18-13(14)17-11/h3-4,6-7H,2,5H2,1H3,(H3,14,16,17,18,19). The van der Waals surface area contributed by atoms with E-state index in [4.69, 9.17) is 5.73 Å². The molecule has 3 rings (SSSR count). The number of hydrogen-bond donors (Lipinski definition) is 2. The molecule has 3 aromatic rings. The van der Waals surface area contributed by atoms with Crippen molar-refractivity contribution in [2.24, 2.45) is 0 Å². The van der Waals surface area contributed by atoms with Crippen molar-refractivity contribution in [3.63, 3.8) is 0 Å². The monoisotopic (exact) mass is 254 g/mol. The van der Waals surface area contributed by atoms with Crippen molar-refractivity contribution in [1.82, 2.24) is 25.1 Å². The molecular formula is C13H14N6. The summed E-state index contributed by atoms with van der Waals surface area (Å²) in [5, 5.41) is 7.66. The lowest BCUT2D eigenvalue weighted by Crippen LogP contribution is -2.02.